The number of hydrogen-bond acceptors (Lipinski definition) is 8. The number of hydrogen-bond donors (Lipinski definition) is 2. The van der Waals surface area contributed by atoms with E-state index in [-0.39, 0.29) is 46.7 Å². The van der Waals surface area contributed by atoms with Crippen LogP contribution in [0, 0.1) is 0 Å². The summed E-state index contributed by atoms with van der Waals surface area (Å²) in [6.07, 6.45) is 1.18. The summed E-state index contributed by atoms with van der Waals surface area (Å²) in [5.41, 5.74) is 2.35. The zero-order valence-electron chi connectivity index (χ0n) is 19.1. The number of phenols is 2. The second kappa shape index (κ2) is 9.67. The number of halogens is 1. The molecule has 1 unspecified atom stereocenters. The second-order valence-corrected chi connectivity index (χ2v) is 9.24. The Bertz CT molecular complexity index is 1520. The van der Waals surface area contributed by atoms with Gasteiger partial charge in [0.2, 0.25) is 5.43 Å². The Hall–Kier alpha value is -3.82. The third-order valence-electron chi connectivity index (χ3n) is 6.16. The molecular weight excluding hydrogens is 532 g/mol. The molecule has 4 aromatic rings. The lowest BCUT2D eigenvalue weighted by Crippen LogP contribution is -2.17. The summed E-state index contributed by atoms with van der Waals surface area (Å²) >= 11 is 3.50. The number of fused-ring (bicyclic) bond motifs is 2. The highest BCUT2D eigenvalue weighted by Gasteiger charge is 2.31. The molecule has 184 valence electrons. The van der Waals surface area contributed by atoms with E-state index >= 15 is 0 Å². The zero-order valence-corrected chi connectivity index (χ0v) is 20.7. The Morgan fingerprint density at radius 2 is 1.92 bits per heavy atom. The number of ether oxygens (including phenoxy) is 3. The van der Waals surface area contributed by atoms with Gasteiger partial charge in [-0.1, -0.05) is 28.1 Å². The largest absolute Gasteiger partial charge is 0.508 e. The minimum Gasteiger partial charge on any atom is -0.508 e. The van der Waals surface area contributed by atoms with Crippen LogP contribution in [0.4, 0.5) is 0 Å². The van der Waals surface area contributed by atoms with Crippen molar-refractivity contribution in [1.82, 2.24) is 0 Å². The molecule has 9 heteroatoms. The molecule has 0 spiro atoms. The van der Waals surface area contributed by atoms with Crippen molar-refractivity contribution >= 4 is 32.9 Å². The molecule has 1 atom stereocenters. The summed E-state index contributed by atoms with van der Waals surface area (Å²) in [6, 6.07) is 12.7. The van der Waals surface area contributed by atoms with E-state index in [0.29, 0.717) is 29.0 Å². The second-order valence-electron chi connectivity index (χ2n) is 8.33. The number of esters is 1. The highest BCUT2D eigenvalue weighted by molar-refractivity contribution is 9.10. The summed E-state index contributed by atoms with van der Waals surface area (Å²) in [4.78, 5) is 26.0. The molecule has 1 aromatic heterocycles. The van der Waals surface area contributed by atoms with Crippen LogP contribution in [0.5, 0.6) is 17.2 Å². The first-order valence-corrected chi connectivity index (χ1v) is 11.8. The number of carbonyl (C=O) groups excluding carboxylic acids is 1. The Balaban J connectivity index is 1.75. The lowest BCUT2D eigenvalue weighted by atomic mass is 9.85. The van der Waals surface area contributed by atoms with Gasteiger partial charge in [0.05, 0.1) is 31.1 Å². The summed E-state index contributed by atoms with van der Waals surface area (Å²) in [6.45, 7) is 0.360. The van der Waals surface area contributed by atoms with E-state index in [0.717, 1.165) is 10.0 Å². The number of carbonyl (C=O) groups is 1. The van der Waals surface area contributed by atoms with Crippen LogP contribution in [-0.2, 0) is 20.9 Å². The summed E-state index contributed by atoms with van der Waals surface area (Å²) < 4.78 is 22.8. The molecule has 0 saturated carbocycles. The molecule has 0 radical (unpaired) electrons. The van der Waals surface area contributed by atoms with E-state index in [2.05, 4.69) is 15.9 Å². The van der Waals surface area contributed by atoms with Gasteiger partial charge < -0.3 is 28.8 Å². The van der Waals surface area contributed by atoms with Crippen molar-refractivity contribution in [1.29, 1.82) is 0 Å². The first kappa shape index (κ1) is 23.9. The van der Waals surface area contributed by atoms with Crippen molar-refractivity contribution in [3.05, 3.63) is 86.2 Å². The van der Waals surface area contributed by atoms with Crippen molar-refractivity contribution in [2.45, 2.75) is 18.9 Å². The van der Waals surface area contributed by atoms with Crippen LogP contribution in [0.2, 0.25) is 0 Å². The van der Waals surface area contributed by atoms with Gasteiger partial charge in [-0.3, -0.25) is 9.59 Å². The molecule has 36 heavy (non-hydrogen) atoms. The first-order valence-electron chi connectivity index (χ1n) is 11.0. The van der Waals surface area contributed by atoms with E-state index in [1.807, 2.05) is 6.07 Å². The molecule has 3 aromatic carbocycles. The molecule has 1 aliphatic heterocycles. The highest BCUT2D eigenvalue weighted by atomic mass is 79.9. The molecule has 0 saturated heterocycles. The summed E-state index contributed by atoms with van der Waals surface area (Å²) in [5.74, 6) is -0.796. The maximum Gasteiger partial charge on any atom is 0.306 e. The molecule has 5 rings (SSSR count). The van der Waals surface area contributed by atoms with Gasteiger partial charge in [0.15, 0.2) is 6.79 Å². The van der Waals surface area contributed by atoms with Crippen molar-refractivity contribution in [2.75, 3.05) is 13.9 Å². The van der Waals surface area contributed by atoms with Crippen molar-refractivity contribution in [3.63, 3.8) is 0 Å². The van der Waals surface area contributed by atoms with Crippen LogP contribution in [-0.4, -0.2) is 30.1 Å². The third-order valence-corrected chi connectivity index (χ3v) is 6.62. The number of benzene rings is 3. The SMILES string of the molecule is COC(=O)CC(c1cc(Br)cc2c1OCOC2)c1c(O)ccc2c(=O)c(-c3ccc(O)cc3)coc12. The maximum absolute atomic E-state index is 13.5. The van der Waals surface area contributed by atoms with Crippen molar-refractivity contribution < 1.29 is 33.6 Å². The number of phenolic OH excluding ortho intramolecular Hbond substituents is 2. The fourth-order valence-electron chi connectivity index (χ4n) is 4.47. The quantitative estimate of drug-likeness (QED) is 0.325. The van der Waals surface area contributed by atoms with Crippen LogP contribution >= 0.6 is 15.9 Å². The van der Waals surface area contributed by atoms with Gasteiger partial charge in [0, 0.05) is 27.1 Å². The highest BCUT2D eigenvalue weighted by Crippen LogP contribution is 2.45. The maximum atomic E-state index is 13.5. The third kappa shape index (κ3) is 4.31. The van der Waals surface area contributed by atoms with Gasteiger partial charge in [-0.25, -0.2) is 0 Å². The monoisotopic (exact) mass is 552 g/mol. The predicted molar refractivity (Wildman–Crippen MR) is 134 cm³/mol. The van der Waals surface area contributed by atoms with Gasteiger partial charge >= 0.3 is 5.97 Å². The number of methoxy groups -OCH3 is 1. The van der Waals surface area contributed by atoms with E-state index in [1.165, 1.54) is 37.6 Å². The average Bonchev–Trinajstić information content (AvgIpc) is 2.88. The van der Waals surface area contributed by atoms with Crippen LogP contribution in [0.15, 0.2) is 68.5 Å². The average molecular weight is 553 g/mol. The Kier molecular flexibility index (Phi) is 6.42. The normalized spacial score (nSPS) is 13.6. The molecule has 0 amide bonds. The van der Waals surface area contributed by atoms with E-state index < -0.39 is 11.9 Å². The lowest BCUT2D eigenvalue weighted by molar-refractivity contribution is -0.140. The molecule has 2 N–H and O–H groups in total. The van der Waals surface area contributed by atoms with Crippen LogP contribution < -0.4 is 10.2 Å². The molecule has 2 heterocycles. The topological polar surface area (TPSA) is 115 Å². The molecular formula is C27H21BrO8. The van der Waals surface area contributed by atoms with Gasteiger partial charge in [0.1, 0.15) is 29.1 Å². The molecule has 1 aliphatic rings. The fourth-order valence-corrected chi connectivity index (χ4v) is 5.00. The smallest absolute Gasteiger partial charge is 0.306 e. The van der Waals surface area contributed by atoms with E-state index in [4.69, 9.17) is 18.6 Å². The Morgan fingerprint density at radius 1 is 1.14 bits per heavy atom. The van der Waals surface area contributed by atoms with Gasteiger partial charge in [-0.05, 0) is 42.0 Å². The zero-order chi connectivity index (χ0) is 25.4. The predicted octanol–water partition coefficient (Wildman–Crippen LogP) is 5.20. The Labute approximate surface area is 213 Å². The minimum atomic E-state index is -0.756. The number of aromatic hydroxyl groups is 2. The molecule has 0 aliphatic carbocycles. The van der Waals surface area contributed by atoms with Crippen molar-refractivity contribution in [3.8, 4) is 28.4 Å². The molecule has 0 bridgehead atoms. The van der Waals surface area contributed by atoms with E-state index in [1.54, 1.807) is 18.2 Å². The first-order chi connectivity index (χ1) is 17.4. The summed E-state index contributed by atoms with van der Waals surface area (Å²) in [5, 5.41) is 20.8. The van der Waals surface area contributed by atoms with Crippen LogP contribution in [0.3, 0.4) is 0 Å². The minimum absolute atomic E-state index is 0.0408. The Morgan fingerprint density at radius 3 is 2.67 bits per heavy atom. The summed E-state index contributed by atoms with van der Waals surface area (Å²) in [7, 11) is 1.28. The van der Waals surface area contributed by atoms with Crippen molar-refractivity contribution in [2.24, 2.45) is 0 Å². The van der Waals surface area contributed by atoms with Crippen LogP contribution in [0.25, 0.3) is 22.1 Å². The fraction of sp³-hybridized carbons (Fsp3) is 0.185. The standard InChI is InChI=1S/C27H21BrO8/c1-33-23(31)10-19(20-9-16(28)8-15-11-34-13-36-26(15)20)24-22(30)7-6-18-25(32)21(12-35-27(18)24)14-2-4-17(29)5-3-14/h2-9,12,19,29-30H,10-11,13H2,1H3. The molecule has 0 fully saturated rings. The van der Waals surface area contributed by atoms with Gasteiger partial charge in [-0.2, -0.15) is 0 Å². The van der Waals surface area contributed by atoms with E-state index in [9.17, 15) is 19.8 Å². The number of rotatable bonds is 5. The van der Waals surface area contributed by atoms with Gasteiger partial charge in [0.25, 0.3) is 0 Å². The van der Waals surface area contributed by atoms with Crippen LogP contribution in [0.1, 0.15) is 29.0 Å². The molecule has 8 nitrogen and oxygen atoms in total. The lowest BCUT2D eigenvalue weighted by Gasteiger charge is -2.26. The van der Waals surface area contributed by atoms with Gasteiger partial charge in [-0.15, -0.1) is 0 Å².